The highest BCUT2D eigenvalue weighted by atomic mass is 16.2. The summed E-state index contributed by atoms with van der Waals surface area (Å²) >= 11 is 0. The fraction of sp³-hybridized carbons (Fsp3) is 0.565. The molecule has 1 amide bonds. The molecule has 1 aromatic carbocycles. The lowest BCUT2D eigenvalue weighted by Crippen LogP contribution is -2.63. The number of hydrogen-bond acceptors (Lipinski definition) is 5. The van der Waals surface area contributed by atoms with Crippen LogP contribution < -0.4 is 0 Å². The Bertz CT molecular complexity index is 888. The van der Waals surface area contributed by atoms with E-state index in [9.17, 15) is 4.79 Å². The quantitative estimate of drug-likeness (QED) is 0.765. The SMILES string of the molecule is CN1CCN2[C@H](C1)C(=O)N(Cc1ccccc1)C21CCN(Cc2cnn(C)c2)CC1. The van der Waals surface area contributed by atoms with Gasteiger partial charge in [-0.3, -0.25) is 19.3 Å². The Hall–Kier alpha value is -2.22. The van der Waals surface area contributed by atoms with Crippen LogP contribution in [-0.4, -0.2) is 86.8 Å². The average Bonchev–Trinajstić information content (AvgIpc) is 3.25. The number of piperidine rings is 1. The van der Waals surface area contributed by atoms with Crippen molar-refractivity contribution in [1.29, 1.82) is 0 Å². The van der Waals surface area contributed by atoms with Gasteiger partial charge in [0.2, 0.25) is 5.91 Å². The maximum atomic E-state index is 13.6. The van der Waals surface area contributed by atoms with Crippen molar-refractivity contribution in [3.8, 4) is 0 Å². The molecule has 3 aliphatic heterocycles. The number of benzene rings is 1. The molecule has 3 saturated heterocycles. The van der Waals surface area contributed by atoms with Crippen LogP contribution in [0.4, 0.5) is 0 Å². The molecule has 0 saturated carbocycles. The third-order valence-electron chi connectivity index (χ3n) is 7.18. The van der Waals surface area contributed by atoms with Crippen LogP contribution >= 0.6 is 0 Å². The molecule has 0 aliphatic carbocycles. The fourth-order valence-electron chi connectivity index (χ4n) is 5.60. The maximum Gasteiger partial charge on any atom is 0.243 e. The summed E-state index contributed by atoms with van der Waals surface area (Å²) in [5.41, 5.74) is 2.33. The standard InChI is InChI=1S/C23H32N6O/c1-25-12-13-28-21(18-25)22(30)29(17-19-6-4-3-5-7-19)23(28)8-10-27(11-9-23)16-20-14-24-26(2)15-20/h3-7,14-15,21H,8-13,16-18H2,1-2H3/t21-/m1/s1. The number of carbonyl (C=O) groups is 1. The number of aryl methyl sites for hydroxylation is 1. The van der Waals surface area contributed by atoms with E-state index in [1.807, 2.05) is 24.0 Å². The molecule has 7 nitrogen and oxygen atoms in total. The fourth-order valence-corrected chi connectivity index (χ4v) is 5.60. The van der Waals surface area contributed by atoms with E-state index in [-0.39, 0.29) is 11.7 Å². The molecular weight excluding hydrogens is 376 g/mol. The summed E-state index contributed by atoms with van der Waals surface area (Å²) in [5.74, 6) is 0.311. The van der Waals surface area contributed by atoms with Gasteiger partial charge >= 0.3 is 0 Å². The minimum Gasteiger partial charge on any atom is -0.318 e. The van der Waals surface area contributed by atoms with Crippen LogP contribution in [0.5, 0.6) is 0 Å². The Balaban J connectivity index is 1.38. The molecule has 7 heteroatoms. The lowest BCUT2D eigenvalue weighted by molar-refractivity contribution is -0.135. The van der Waals surface area contributed by atoms with E-state index in [1.54, 1.807) is 0 Å². The van der Waals surface area contributed by atoms with E-state index in [0.717, 1.165) is 52.1 Å². The van der Waals surface area contributed by atoms with E-state index < -0.39 is 0 Å². The monoisotopic (exact) mass is 408 g/mol. The zero-order valence-corrected chi connectivity index (χ0v) is 18.1. The summed E-state index contributed by atoms with van der Waals surface area (Å²) in [6, 6.07) is 10.5. The zero-order valence-electron chi connectivity index (χ0n) is 18.1. The van der Waals surface area contributed by atoms with Gasteiger partial charge in [-0.2, -0.15) is 5.10 Å². The highest BCUT2D eigenvalue weighted by molar-refractivity contribution is 5.85. The van der Waals surface area contributed by atoms with Crippen molar-refractivity contribution in [2.24, 2.45) is 7.05 Å². The Kier molecular flexibility index (Phi) is 5.13. The van der Waals surface area contributed by atoms with Gasteiger partial charge in [0.25, 0.3) is 0 Å². The van der Waals surface area contributed by atoms with Crippen LogP contribution in [0.1, 0.15) is 24.0 Å². The van der Waals surface area contributed by atoms with Gasteiger partial charge in [-0.25, -0.2) is 0 Å². The second-order valence-corrected chi connectivity index (χ2v) is 9.16. The van der Waals surface area contributed by atoms with Gasteiger partial charge in [0, 0.05) is 64.6 Å². The number of likely N-dealkylation sites (tertiary alicyclic amines) is 1. The predicted octanol–water partition coefficient (Wildman–Crippen LogP) is 1.37. The number of amides is 1. The van der Waals surface area contributed by atoms with Gasteiger partial charge in [-0.15, -0.1) is 0 Å². The third kappa shape index (κ3) is 3.45. The van der Waals surface area contributed by atoms with Gasteiger partial charge in [-0.1, -0.05) is 30.3 Å². The van der Waals surface area contributed by atoms with Crippen molar-refractivity contribution in [1.82, 2.24) is 29.4 Å². The molecule has 1 atom stereocenters. The Labute approximate surface area is 178 Å². The number of piperazine rings is 1. The maximum absolute atomic E-state index is 13.6. The molecule has 160 valence electrons. The number of carbonyl (C=O) groups excluding carboxylic acids is 1. The van der Waals surface area contributed by atoms with Crippen LogP contribution in [0.2, 0.25) is 0 Å². The summed E-state index contributed by atoms with van der Waals surface area (Å²) in [5, 5.41) is 4.31. The minimum absolute atomic E-state index is 0.00247. The third-order valence-corrected chi connectivity index (χ3v) is 7.18. The molecule has 0 radical (unpaired) electrons. The van der Waals surface area contributed by atoms with Crippen LogP contribution in [-0.2, 0) is 24.9 Å². The van der Waals surface area contributed by atoms with Crippen molar-refractivity contribution in [3.05, 3.63) is 53.9 Å². The molecular formula is C23H32N6O. The van der Waals surface area contributed by atoms with Gasteiger partial charge in [0.05, 0.1) is 11.9 Å². The summed E-state index contributed by atoms with van der Waals surface area (Å²) in [6.45, 7) is 6.50. The summed E-state index contributed by atoms with van der Waals surface area (Å²) < 4.78 is 1.87. The summed E-state index contributed by atoms with van der Waals surface area (Å²) in [7, 11) is 4.10. The van der Waals surface area contributed by atoms with Crippen molar-refractivity contribution in [3.63, 3.8) is 0 Å². The Morgan fingerprint density at radius 1 is 1.00 bits per heavy atom. The molecule has 1 aromatic heterocycles. The van der Waals surface area contributed by atoms with E-state index >= 15 is 0 Å². The molecule has 4 heterocycles. The van der Waals surface area contributed by atoms with Gasteiger partial charge in [0.1, 0.15) is 6.04 Å². The molecule has 3 aliphatic rings. The number of nitrogens with zero attached hydrogens (tertiary/aromatic N) is 6. The Morgan fingerprint density at radius 2 is 1.77 bits per heavy atom. The number of fused-ring (bicyclic) bond motifs is 2. The molecule has 0 N–H and O–H groups in total. The number of rotatable bonds is 4. The molecule has 0 unspecified atom stereocenters. The minimum atomic E-state index is -0.149. The van der Waals surface area contributed by atoms with E-state index in [4.69, 9.17) is 0 Å². The number of aromatic nitrogens is 2. The summed E-state index contributed by atoms with van der Waals surface area (Å²) in [4.78, 5) is 23.1. The topological polar surface area (TPSA) is 47.9 Å². The van der Waals surface area contributed by atoms with Gasteiger partial charge in [-0.05, 0) is 25.5 Å². The highest BCUT2D eigenvalue weighted by Crippen LogP contribution is 2.42. The molecule has 5 rings (SSSR count). The molecule has 1 spiro atoms. The van der Waals surface area contributed by atoms with Crippen LogP contribution in [0.15, 0.2) is 42.7 Å². The highest BCUT2D eigenvalue weighted by Gasteiger charge is 2.58. The largest absolute Gasteiger partial charge is 0.318 e. The lowest BCUT2D eigenvalue weighted by Gasteiger charge is -2.50. The second-order valence-electron chi connectivity index (χ2n) is 9.16. The number of hydrogen-bond donors (Lipinski definition) is 0. The Morgan fingerprint density at radius 3 is 2.47 bits per heavy atom. The molecule has 2 aromatic rings. The lowest BCUT2D eigenvalue weighted by atomic mass is 9.92. The first-order valence-corrected chi connectivity index (χ1v) is 11.1. The first-order chi connectivity index (χ1) is 14.5. The van der Waals surface area contributed by atoms with E-state index in [2.05, 4.69) is 62.2 Å². The normalized spacial score (nSPS) is 25.2. The van der Waals surface area contributed by atoms with Gasteiger partial charge < -0.3 is 9.80 Å². The van der Waals surface area contributed by atoms with Crippen molar-refractivity contribution >= 4 is 5.91 Å². The molecule has 30 heavy (non-hydrogen) atoms. The van der Waals surface area contributed by atoms with Crippen LogP contribution in [0.3, 0.4) is 0 Å². The van der Waals surface area contributed by atoms with Crippen LogP contribution in [0.25, 0.3) is 0 Å². The number of likely N-dealkylation sites (N-methyl/N-ethyl adjacent to an activating group) is 1. The van der Waals surface area contributed by atoms with E-state index in [1.165, 1.54) is 11.1 Å². The van der Waals surface area contributed by atoms with E-state index in [0.29, 0.717) is 12.5 Å². The first kappa shape index (κ1) is 19.7. The van der Waals surface area contributed by atoms with Crippen LogP contribution in [0, 0.1) is 0 Å². The molecule has 0 bridgehead atoms. The summed E-state index contributed by atoms with van der Waals surface area (Å²) in [6.07, 6.45) is 6.07. The van der Waals surface area contributed by atoms with Crippen molar-refractivity contribution < 1.29 is 4.79 Å². The first-order valence-electron chi connectivity index (χ1n) is 11.1. The smallest absolute Gasteiger partial charge is 0.243 e. The predicted molar refractivity (Wildman–Crippen MR) is 115 cm³/mol. The van der Waals surface area contributed by atoms with Gasteiger partial charge in [0.15, 0.2) is 0 Å². The second kappa shape index (κ2) is 7.80. The molecule has 3 fully saturated rings. The zero-order chi connectivity index (χ0) is 20.7. The van der Waals surface area contributed by atoms with Crippen molar-refractivity contribution in [2.45, 2.75) is 37.6 Å². The van der Waals surface area contributed by atoms with Crippen molar-refractivity contribution in [2.75, 3.05) is 39.8 Å². The average molecular weight is 409 g/mol.